The number of aromatic nitrogens is 4. The molecule has 3 aromatic heterocycles. The molecule has 6 rings (SSSR count). The third-order valence-electron chi connectivity index (χ3n) is 6.52. The van der Waals surface area contributed by atoms with Gasteiger partial charge in [-0.2, -0.15) is 0 Å². The van der Waals surface area contributed by atoms with Gasteiger partial charge in [0.2, 0.25) is 0 Å². The van der Waals surface area contributed by atoms with Crippen molar-refractivity contribution in [1.82, 2.24) is 19.4 Å². The molecule has 0 bridgehead atoms. The molecule has 7 nitrogen and oxygen atoms in total. The number of para-hydroxylation sites is 1. The Bertz CT molecular complexity index is 1540. The number of hydrogen-bond donors (Lipinski definition) is 3. The largest absolute Gasteiger partial charge is 0.393 e. The number of nitrogen functional groups attached to an aromatic ring is 1. The van der Waals surface area contributed by atoms with Gasteiger partial charge in [0.1, 0.15) is 34.2 Å². The third kappa shape index (κ3) is 3.26. The first-order valence-electron chi connectivity index (χ1n) is 11.2. The monoisotopic (exact) mass is 454 g/mol. The van der Waals surface area contributed by atoms with Crippen LogP contribution in [0.15, 0.2) is 60.9 Å². The predicted molar refractivity (Wildman–Crippen MR) is 131 cm³/mol. The Balaban J connectivity index is 1.52. The topological polar surface area (TPSA) is 101 Å². The Morgan fingerprint density at radius 1 is 1.12 bits per heavy atom. The Morgan fingerprint density at radius 2 is 1.91 bits per heavy atom. The maximum absolute atomic E-state index is 16.0. The van der Waals surface area contributed by atoms with E-state index in [2.05, 4.69) is 15.3 Å². The van der Waals surface area contributed by atoms with Crippen molar-refractivity contribution < 1.29 is 9.50 Å². The summed E-state index contributed by atoms with van der Waals surface area (Å²) in [6, 6.07) is 15.1. The number of hydrogen-bond acceptors (Lipinski definition) is 6. The van der Waals surface area contributed by atoms with Crippen LogP contribution in [0.25, 0.3) is 27.7 Å². The van der Waals surface area contributed by atoms with Gasteiger partial charge in [-0.05, 0) is 49.6 Å². The molecular weight excluding hydrogens is 431 g/mol. The van der Waals surface area contributed by atoms with Gasteiger partial charge in [-0.25, -0.2) is 19.3 Å². The Kier molecular flexibility index (Phi) is 4.70. The van der Waals surface area contributed by atoms with Crippen LogP contribution in [0.5, 0.6) is 0 Å². The summed E-state index contributed by atoms with van der Waals surface area (Å²) in [6.07, 6.45) is 4.30. The zero-order chi connectivity index (χ0) is 23.4. The summed E-state index contributed by atoms with van der Waals surface area (Å²) in [5.41, 5.74) is 9.58. The van der Waals surface area contributed by atoms with Crippen molar-refractivity contribution >= 4 is 33.7 Å². The molecule has 0 aliphatic heterocycles. The lowest BCUT2D eigenvalue weighted by Gasteiger charge is -2.30. The van der Waals surface area contributed by atoms with E-state index in [1.54, 1.807) is 18.5 Å². The van der Waals surface area contributed by atoms with E-state index in [9.17, 15) is 5.11 Å². The van der Waals surface area contributed by atoms with E-state index >= 15 is 4.39 Å². The fourth-order valence-corrected chi connectivity index (χ4v) is 4.71. The fourth-order valence-electron chi connectivity index (χ4n) is 4.71. The molecule has 1 saturated carbocycles. The van der Waals surface area contributed by atoms with Gasteiger partial charge in [-0.15, -0.1) is 0 Å². The molecule has 34 heavy (non-hydrogen) atoms. The number of pyridine rings is 1. The summed E-state index contributed by atoms with van der Waals surface area (Å²) in [7, 11) is 0. The van der Waals surface area contributed by atoms with E-state index in [4.69, 9.17) is 10.7 Å². The van der Waals surface area contributed by atoms with Crippen LogP contribution in [0, 0.1) is 12.7 Å². The van der Waals surface area contributed by atoms with Crippen LogP contribution >= 0.6 is 0 Å². The van der Waals surface area contributed by atoms with Crippen molar-refractivity contribution in [3.05, 3.63) is 78.1 Å². The molecular formula is C26H23FN6O. The number of halogens is 1. The lowest BCUT2D eigenvalue weighted by Crippen LogP contribution is -2.27. The highest BCUT2D eigenvalue weighted by atomic mass is 19.1. The van der Waals surface area contributed by atoms with Gasteiger partial charge in [0.25, 0.3) is 0 Å². The number of anilines is 3. The summed E-state index contributed by atoms with van der Waals surface area (Å²) in [4.78, 5) is 13.6. The SMILES string of the molecule is Cc1cc(Nc2ccccc2)nc2c(F)c(-c3nc(C4CC(O)C4)n4ccnc(N)c34)ccc12. The number of fused-ring (bicyclic) bond motifs is 2. The maximum atomic E-state index is 16.0. The number of benzene rings is 2. The van der Waals surface area contributed by atoms with Crippen LogP contribution in [-0.4, -0.2) is 30.6 Å². The molecule has 2 aromatic carbocycles. The molecule has 1 aliphatic rings. The molecule has 0 saturated heterocycles. The second kappa shape index (κ2) is 7.78. The maximum Gasteiger partial charge on any atom is 0.158 e. The number of imidazole rings is 1. The van der Waals surface area contributed by atoms with Crippen molar-refractivity contribution in [3.63, 3.8) is 0 Å². The average Bonchev–Trinajstić information content (AvgIpc) is 3.19. The number of aryl methyl sites for hydroxylation is 1. The van der Waals surface area contributed by atoms with Crippen molar-refractivity contribution in [2.24, 2.45) is 0 Å². The molecule has 0 radical (unpaired) electrons. The molecule has 4 N–H and O–H groups in total. The molecule has 1 aliphatic carbocycles. The van der Waals surface area contributed by atoms with Crippen LogP contribution in [0.4, 0.5) is 21.7 Å². The van der Waals surface area contributed by atoms with E-state index in [1.165, 1.54) is 0 Å². The number of aliphatic hydroxyl groups is 1. The molecule has 5 aromatic rings. The van der Waals surface area contributed by atoms with Gasteiger partial charge in [-0.1, -0.05) is 24.3 Å². The summed E-state index contributed by atoms with van der Waals surface area (Å²) in [6.45, 7) is 1.94. The van der Waals surface area contributed by atoms with Crippen molar-refractivity contribution in [3.8, 4) is 11.3 Å². The smallest absolute Gasteiger partial charge is 0.158 e. The van der Waals surface area contributed by atoms with Gasteiger partial charge in [0.05, 0.1) is 6.10 Å². The standard InChI is InChI=1S/C26H23FN6O/c1-14-11-20(30-16-5-3-2-4-6-16)31-22-18(14)7-8-19(21(22)27)23-24-25(28)29-9-10-33(24)26(32-23)15-12-17(34)13-15/h2-11,15,17,34H,12-13H2,1H3,(H2,28,29)(H,30,31). The first-order valence-corrected chi connectivity index (χ1v) is 11.2. The summed E-state index contributed by atoms with van der Waals surface area (Å²) >= 11 is 0. The molecule has 1 fully saturated rings. The van der Waals surface area contributed by atoms with Crippen molar-refractivity contribution in [1.29, 1.82) is 0 Å². The lowest BCUT2D eigenvalue weighted by molar-refractivity contribution is 0.0715. The van der Waals surface area contributed by atoms with Gasteiger partial charge in [0, 0.05) is 34.9 Å². The van der Waals surface area contributed by atoms with Crippen molar-refractivity contribution in [2.75, 3.05) is 11.1 Å². The zero-order valence-corrected chi connectivity index (χ0v) is 18.5. The lowest BCUT2D eigenvalue weighted by atomic mass is 9.82. The quantitative estimate of drug-likeness (QED) is 0.355. The van der Waals surface area contributed by atoms with E-state index < -0.39 is 5.82 Å². The van der Waals surface area contributed by atoms with Crippen LogP contribution in [0.1, 0.15) is 30.1 Å². The summed E-state index contributed by atoms with van der Waals surface area (Å²) < 4.78 is 17.9. The first-order chi connectivity index (χ1) is 16.5. The van der Waals surface area contributed by atoms with Crippen molar-refractivity contribution in [2.45, 2.75) is 31.8 Å². The molecule has 3 heterocycles. The van der Waals surface area contributed by atoms with Gasteiger partial charge in [0.15, 0.2) is 5.82 Å². The number of rotatable bonds is 4. The number of nitrogens with two attached hydrogens (primary N) is 1. The van der Waals surface area contributed by atoms with Crippen LogP contribution < -0.4 is 11.1 Å². The van der Waals surface area contributed by atoms with Gasteiger partial charge >= 0.3 is 0 Å². The third-order valence-corrected chi connectivity index (χ3v) is 6.52. The van der Waals surface area contributed by atoms with Gasteiger partial charge in [-0.3, -0.25) is 4.40 Å². The molecule has 0 unspecified atom stereocenters. The number of nitrogens with one attached hydrogen (secondary N) is 1. The molecule has 8 heteroatoms. The Morgan fingerprint density at radius 3 is 2.68 bits per heavy atom. The number of aliphatic hydroxyl groups excluding tert-OH is 1. The molecule has 170 valence electrons. The zero-order valence-electron chi connectivity index (χ0n) is 18.5. The number of nitrogens with zero attached hydrogens (tertiary/aromatic N) is 4. The predicted octanol–water partition coefficient (Wildman–Crippen LogP) is 4.96. The Labute approximate surface area is 195 Å². The van der Waals surface area contributed by atoms with Gasteiger partial charge < -0.3 is 16.2 Å². The van der Waals surface area contributed by atoms with E-state index in [0.717, 1.165) is 22.5 Å². The minimum absolute atomic E-state index is 0.0867. The minimum Gasteiger partial charge on any atom is -0.393 e. The van der Waals surface area contributed by atoms with Crippen LogP contribution in [0.3, 0.4) is 0 Å². The summed E-state index contributed by atoms with van der Waals surface area (Å²) in [5, 5.41) is 13.8. The highest BCUT2D eigenvalue weighted by Crippen LogP contribution is 2.40. The first kappa shape index (κ1) is 20.6. The van der Waals surface area contributed by atoms with E-state index in [0.29, 0.717) is 35.4 Å². The highest BCUT2D eigenvalue weighted by molar-refractivity contribution is 5.93. The molecule has 0 atom stereocenters. The highest BCUT2D eigenvalue weighted by Gasteiger charge is 2.33. The second-order valence-corrected chi connectivity index (χ2v) is 8.81. The average molecular weight is 455 g/mol. The normalized spacial score (nSPS) is 17.7. The summed E-state index contributed by atoms with van der Waals surface area (Å²) in [5.74, 6) is 1.23. The fraction of sp³-hybridized carbons (Fsp3) is 0.192. The second-order valence-electron chi connectivity index (χ2n) is 8.81. The van der Waals surface area contributed by atoms with E-state index in [-0.39, 0.29) is 23.4 Å². The van der Waals surface area contributed by atoms with Crippen LogP contribution in [-0.2, 0) is 0 Å². The molecule has 0 amide bonds. The molecule has 0 spiro atoms. The Hall–Kier alpha value is -4.04. The minimum atomic E-state index is -0.458. The van der Waals surface area contributed by atoms with Crippen LogP contribution in [0.2, 0.25) is 0 Å². The van der Waals surface area contributed by atoms with E-state index in [1.807, 2.05) is 53.8 Å².